The third kappa shape index (κ3) is 6.71. The Hall–Kier alpha value is -3.69. The maximum absolute atomic E-state index is 13.6. The highest BCUT2D eigenvalue weighted by Crippen LogP contribution is 2.43. The molecule has 1 aliphatic rings. The number of benzene rings is 1. The van der Waals surface area contributed by atoms with E-state index in [4.69, 9.17) is 4.74 Å². The van der Waals surface area contributed by atoms with Crippen molar-refractivity contribution in [2.75, 3.05) is 16.2 Å². The number of ether oxygens (including phenoxy) is 2. The predicted octanol–water partition coefficient (Wildman–Crippen LogP) is 6.11. The van der Waals surface area contributed by atoms with Gasteiger partial charge in [-0.2, -0.15) is 26.3 Å². The van der Waals surface area contributed by atoms with Gasteiger partial charge in [0.1, 0.15) is 16.7 Å². The summed E-state index contributed by atoms with van der Waals surface area (Å²) in [6.07, 6.45) is -10.8. The Morgan fingerprint density at radius 3 is 2.42 bits per heavy atom. The number of aliphatic hydroxyl groups is 1. The van der Waals surface area contributed by atoms with Crippen LogP contribution < -0.4 is 14.4 Å². The number of amides is 1. The molecule has 1 aromatic carbocycles. The van der Waals surface area contributed by atoms with Gasteiger partial charge < -0.3 is 14.6 Å². The number of alkyl halides is 6. The van der Waals surface area contributed by atoms with Crippen LogP contribution in [-0.2, 0) is 20.9 Å². The highest BCUT2D eigenvalue weighted by Gasteiger charge is 2.51. The average Bonchev–Trinajstić information content (AvgIpc) is 2.81. The van der Waals surface area contributed by atoms with Crippen LogP contribution in [-0.4, -0.2) is 49.0 Å². The van der Waals surface area contributed by atoms with Crippen LogP contribution in [0.2, 0.25) is 0 Å². The summed E-state index contributed by atoms with van der Waals surface area (Å²) in [6, 6.07) is 2.77. The van der Waals surface area contributed by atoms with Gasteiger partial charge in [0.2, 0.25) is 5.60 Å². The van der Waals surface area contributed by atoms with Gasteiger partial charge in [0.15, 0.2) is 0 Å². The third-order valence-corrected chi connectivity index (χ3v) is 7.58. The second kappa shape index (κ2) is 10.7. The van der Waals surface area contributed by atoms with E-state index < -0.39 is 57.2 Å². The molecule has 0 bridgehead atoms. The van der Waals surface area contributed by atoms with Gasteiger partial charge in [0.05, 0.1) is 23.6 Å². The first-order valence-corrected chi connectivity index (χ1v) is 13.0. The van der Waals surface area contributed by atoms with E-state index >= 15 is 0 Å². The monoisotopic (exact) mass is 597 g/mol. The molecule has 2 aromatic rings. The molecule has 0 radical (unpaired) electrons. The largest absolute Gasteiger partial charge is 0.513 e. The summed E-state index contributed by atoms with van der Waals surface area (Å²) >= 11 is 0. The normalized spacial score (nSPS) is 16.1. The van der Waals surface area contributed by atoms with E-state index in [1.54, 1.807) is 0 Å². The first-order valence-electron chi connectivity index (χ1n) is 11.5. The molecule has 220 valence electrons. The molecule has 0 unspecified atom stereocenters. The number of aromatic nitrogens is 1. The van der Waals surface area contributed by atoms with Crippen molar-refractivity contribution in [1.29, 1.82) is 0 Å². The molecular weight excluding hydrogens is 572 g/mol. The van der Waals surface area contributed by atoms with Crippen molar-refractivity contribution in [3.05, 3.63) is 54.1 Å². The van der Waals surface area contributed by atoms with Crippen LogP contribution in [0, 0.1) is 6.92 Å². The zero-order valence-electron chi connectivity index (χ0n) is 21.4. The molecule has 0 saturated heterocycles. The zero-order valence-corrected chi connectivity index (χ0v) is 22.2. The van der Waals surface area contributed by atoms with Crippen LogP contribution in [0.25, 0.3) is 0 Å². The van der Waals surface area contributed by atoms with Crippen molar-refractivity contribution in [3.63, 3.8) is 0 Å². The fourth-order valence-electron chi connectivity index (χ4n) is 3.63. The Balaban J connectivity index is 2.06. The SMILES string of the molecule is C=C(O)CC[C@H]1CN(S(=O)(=O)c2cncc(C(F)(F)F)c2)c2cc(NC(=O)OC(C)(C)C(F)(F)F)cc(C)c2O1. The van der Waals surface area contributed by atoms with Crippen LogP contribution in [0.4, 0.5) is 42.5 Å². The van der Waals surface area contributed by atoms with E-state index in [1.165, 1.54) is 13.0 Å². The number of aryl methyl sites for hydroxylation is 1. The minimum Gasteiger partial charge on any atom is -0.513 e. The minimum atomic E-state index is -4.89. The standard InChI is InChI=1S/C24H25F6N3O6S/c1-13-7-16(32-21(35)39-22(3,4)24(28,29)30)9-19-20(13)38-17(6-5-14(2)34)12-33(19)40(36,37)18-8-15(10-31-11-18)23(25,26)27/h7-11,17,34H,2,5-6,12H2,1,3-4H3,(H,32,35)/t17-/m0/s1. The van der Waals surface area contributed by atoms with Crippen molar-refractivity contribution in [1.82, 2.24) is 4.98 Å². The van der Waals surface area contributed by atoms with Crippen LogP contribution in [0.5, 0.6) is 5.75 Å². The number of sulfonamides is 1. The molecule has 3 rings (SSSR count). The van der Waals surface area contributed by atoms with E-state index in [2.05, 4.69) is 21.6 Å². The van der Waals surface area contributed by atoms with E-state index in [0.717, 1.165) is 16.6 Å². The van der Waals surface area contributed by atoms with Crippen molar-refractivity contribution < 1.29 is 54.1 Å². The zero-order chi connectivity index (χ0) is 30.3. The lowest BCUT2D eigenvalue weighted by molar-refractivity contribution is -0.242. The molecule has 1 amide bonds. The molecule has 16 heteroatoms. The van der Waals surface area contributed by atoms with Gasteiger partial charge in [-0.05, 0) is 51.0 Å². The van der Waals surface area contributed by atoms with E-state index in [-0.39, 0.29) is 41.3 Å². The Labute approximate surface area is 225 Å². The summed E-state index contributed by atoms with van der Waals surface area (Å²) in [5.74, 6) is -0.222. The topological polar surface area (TPSA) is 118 Å². The lowest BCUT2D eigenvalue weighted by Crippen LogP contribution is -2.44. The van der Waals surface area contributed by atoms with Gasteiger partial charge in [0.25, 0.3) is 10.0 Å². The number of aliphatic hydroxyl groups excluding tert-OH is 1. The summed E-state index contributed by atoms with van der Waals surface area (Å²) in [6.45, 7) is 5.67. The smallest absolute Gasteiger partial charge is 0.427 e. The summed E-state index contributed by atoms with van der Waals surface area (Å²) in [4.78, 5) is 14.9. The van der Waals surface area contributed by atoms with Crippen molar-refractivity contribution in [2.45, 2.75) is 62.6 Å². The van der Waals surface area contributed by atoms with Crippen LogP contribution in [0.15, 0.2) is 47.8 Å². The predicted molar refractivity (Wildman–Crippen MR) is 131 cm³/mol. The second-order valence-corrected chi connectivity index (χ2v) is 11.3. The molecule has 1 aromatic heterocycles. The molecule has 0 saturated carbocycles. The fraction of sp³-hybridized carbons (Fsp3) is 0.417. The molecule has 1 atom stereocenters. The molecule has 0 spiro atoms. The summed E-state index contributed by atoms with van der Waals surface area (Å²) in [5, 5.41) is 11.6. The van der Waals surface area contributed by atoms with Gasteiger partial charge >= 0.3 is 18.4 Å². The third-order valence-electron chi connectivity index (χ3n) is 5.84. The number of hydrogen-bond acceptors (Lipinski definition) is 7. The molecule has 9 nitrogen and oxygen atoms in total. The molecule has 40 heavy (non-hydrogen) atoms. The van der Waals surface area contributed by atoms with Gasteiger partial charge in [-0.25, -0.2) is 13.2 Å². The number of halogens is 6. The number of nitrogens with one attached hydrogen (secondary N) is 1. The molecule has 0 aliphatic carbocycles. The number of fused-ring (bicyclic) bond motifs is 1. The van der Waals surface area contributed by atoms with E-state index in [9.17, 15) is 44.7 Å². The molecule has 0 fully saturated rings. The average molecular weight is 598 g/mol. The first kappa shape index (κ1) is 30.8. The lowest BCUT2D eigenvalue weighted by atomic mass is 10.1. The maximum Gasteiger partial charge on any atom is 0.427 e. The lowest BCUT2D eigenvalue weighted by Gasteiger charge is -2.36. The van der Waals surface area contributed by atoms with Gasteiger partial charge in [-0.3, -0.25) is 14.6 Å². The molecular formula is C24H25F6N3O6S. The quantitative estimate of drug-likeness (QED) is 0.292. The summed E-state index contributed by atoms with van der Waals surface area (Å²) in [7, 11) is -4.73. The highest BCUT2D eigenvalue weighted by molar-refractivity contribution is 7.92. The first-order chi connectivity index (χ1) is 18.2. The summed E-state index contributed by atoms with van der Waals surface area (Å²) < 4.78 is 118. The van der Waals surface area contributed by atoms with Crippen molar-refractivity contribution in [2.24, 2.45) is 0 Å². The van der Waals surface area contributed by atoms with Crippen molar-refractivity contribution >= 4 is 27.5 Å². The van der Waals surface area contributed by atoms with Crippen LogP contribution in [0.3, 0.4) is 0 Å². The maximum atomic E-state index is 13.6. The Morgan fingerprint density at radius 2 is 1.85 bits per heavy atom. The minimum absolute atomic E-state index is 0.0159. The van der Waals surface area contributed by atoms with Gasteiger partial charge in [0, 0.05) is 24.5 Å². The highest BCUT2D eigenvalue weighted by atomic mass is 32.2. The Morgan fingerprint density at radius 1 is 1.20 bits per heavy atom. The number of nitrogens with zero attached hydrogens (tertiary/aromatic N) is 2. The number of rotatable bonds is 7. The van der Waals surface area contributed by atoms with Crippen LogP contribution in [0.1, 0.15) is 37.8 Å². The van der Waals surface area contributed by atoms with Gasteiger partial charge in [-0.1, -0.05) is 6.58 Å². The Bertz CT molecular complexity index is 1410. The van der Waals surface area contributed by atoms with Crippen LogP contribution >= 0.6 is 0 Å². The number of anilines is 2. The number of allylic oxidation sites excluding steroid dienone is 1. The van der Waals surface area contributed by atoms with E-state index in [0.29, 0.717) is 26.1 Å². The fourth-order valence-corrected chi connectivity index (χ4v) is 5.12. The summed E-state index contributed by atoms with van der Waals surface area (Å²) in [5.41, 5.74) is -4.30. The van der Waals surface area contributed by atoms with Gasteiger partial charge in [-0.15, -0.1) is 0 Å². The Kier molecular flexibility index (Phi) is 8.26. The number of carbonyl (C=O) groups is 1. The second-order valence-electron chi connectivity index (χ2n) is 9.45. The van der Waals surface area contributed by atoms with Crippen molar-refractivity contribution in [3.8, 4) is 5.75 Å². The molecule has 1 aliphatic heterocycles. The molecule has 2 N–H and O–H groups in total. The number of hydrogen-bond donors (Lipinski definition) is 2. The van der Waals surface area contributed by atoms with E-state index in [1.807, 2.05) is 0 Å². The number of carbonyl (C=O) groups excluding carboxylic acids is 1. The number of pyridine rings is 1. The molecule has 2 heterocycles.